The molecule has 0 saturated carbocycles. The molecule has 43 heavy (non-hydrogen) atoms. The van der Waals surface area contributed by atoms with E-state index in [0.717, 1.165) is 29.5 Å². The van der Waals surface area contributed by atoms with Crippen LogP contribution >= 0.6 is 11.6 Å². The van der Waals surface area contributed by atoms with Crippen molar-refractivity contribution in [1.82, 2.24) is 10.2 Å². The van der Waals surface area contributed by atoms with Gasteiger partial charge in [-0.1, -0.05) is 48.0 Å². The minimum Gasteiger partial charge on any atom is -0.481 e. The number of carboxylic acid groups (broad SMARTS) is 1. The molecule has 0 radical (unpaired) electrons. The molecule has 0 bridgehead atoms. The van der Waals surface area contributed by atoms with Gasteiger partial charge < -0.3 is 25.8 Å². The number of nitrogens with zero attached hydrogens (tertiary/aromatic N) is 1. The van der Waals surface area contributed by atoms with Crippen molar-refractivity contribution >= 4 is 35.2 Å². The van der Waals surface area contributed by atoms with Crippen LogP contribution in [0.2, 0.25) is 5.02 Å². The molecule has 2 amide bonds. The van der Waals surface area contributed by atoms with Crippen molar-refractivity contribution in [2.24, 2.45) is 17.6 Å². The lowest BCUT2D eigenvalue weighted by molar-refractivity contribution is -0.147. The number of amides is 2. The van der Waals surface area contributed by atoms with Gasteiger partial charge >= 0.3 is 5.97 Å². The number of carbonyl (C=O) groups excluding carboxylic acids is 3. The van der Waals surface area contributed by atoms with Crippen molar-refractivity contribution in [3.63, 3.8) is 0 Å². The second kappa shape index (κ2) is 14.5. The highest BCUT2D eigenvalue weighted by molar-refractivity contribution is 6.30. The van der Waals surface area contributed by atoms with Crippen molar-refractivity contribution < 1.29 is 29.0 Å². The molecule has 2 aromatic carbocycles. The lowest BCUT2D eigenvalue weighted by Gasteiger charge is -2.45. The van der Waals surface area contributed by atoms with E-state index in [4.69, 9.17) is 22.1 Å². The van der Waals surface area contributed by atoms with Crippen LogP contribution in [0, 0.1) is 11.8 Å². The van der Waals surface area contributed by atoms with Gasteiger partial charge in [0, 0.05) is 31.6 Å². The molecular formula is C33H42ClN3O6. The lowest BCUT2D eigenvalue weighted by atomic mass is 9.80. The maximum atomic E-state index is 14.2. The van der Waals surface area contributed by atoms with Gasteiger partial charge in [0.25, 0.3) is 0 Å². The molecule has 1 saturated heterocycles. The average molecular weight is 612 g/mol. The zero-order valence-corrected chi connectivity index (χ0v) is 25.6. The minimum atomic E-state index is -1.01. The largest absolute Gasteiger partial charge is 0.481 e. The van der Waals surface area contributed by atoms with Gasteiger partial charge in [-0.25, -0.2) is 0 Å². The Morgan fingerprint density at radius 3 is 2.53 bits per heavy atom. The number of nitrogens with one attached hydrogen (secondary N) is 1. The summed E-state index contributed by atoms with van der Waals surface area (Å²) in [5.74, 6) is -3.44. The molecule has 9 nitrogen and oxygen atoms in total. The van der Waals surface area contributed by atoms with Gasteiger partial charge in [-0.2, -0.15) is 0 Å². The van der Waals surface area contributed by atoms with E-state index in [1.54, 1.807) is 24.0 Å². The van der Waals surface area contributed by atoms with Crippen molar-refractivity contribution in [1.29, 1.82) is 0 Å². The maximum absolute atomic E-state index is 14.2. The summed E-state index contributed by atoms with van der Waals surface area (Å²) in [6, 6.07) is 14.6. The Kier molecular flexibility index (Phi) is 11.0. The Labute approximate surface area is 258 Å². The Bertz CT molecular complexity index is 1320. The number of hydrogen-bond donors (Lipinski definition) is 3. The van der Waals surface area contributed by atoms with E-state index < -0.39 is 29.4 Å². The number of halogens is 1. The van der Waals surface area contributed by atoms with Gasteiger partial charge in [0.2, 0.25) is 11.8 Å². The van der Waals surface area contributed by atoms with Crippen LogP contribution in [0.1, 0.15) is 61.6 Å². The molecule has 232 valence electrons. The number of fused-ring (bicyclic) bond motifs is 1. The van der Waals surface area contributed by atoms with Crippen LogP contribution in [0.4, 0.5) is 0 Å². The fourth-order valence-electron chi connectivity index (χ4n) is 6.66. The van der Waals surface area contributed by atoms with E-state index in [-0.39, 0.29) is 49.5 Å². The Balaban J connectivity index is 1.63. The van der Waals surface area contributed by atoms with Crippen LogP contribution in [0.5, 0.6) is 0 Å². The van der Waals surface area contributed by atoms with Gasteiger partial charge in [-0.3, -0.25) is 19.2 Å². The molecule has 0 spiro atoms. The maximum Gasteiger partial charge on any atom is 0.304 e. The van der Waals surface area contributed by atoms with Crippen LogP contribution in [0.15, 0.2) is 48.5 Å². The summed E-state index contributed by atoms with van der Waals surface area (Å²) >= 11 is 6.14. The zero-order chi connectivity index (χ0) is 31.1. The molecule has 2 aliphatic rings. The Hall–Kier alpha value is -3.27. The monoisotopic (exact) mass is 611 g/mol. The normalized spacial score (nSPS) is 21.9. The number of rotatable bonds is 13. The molecule has 2 aromatic rings. The van der Waals surface area contributed by atoms with Gasteiger partial charge in [0.15, 0.2) is 0 Å². The number of methoxy groups -OCH3 is 1. The fourth-order valence-corrected chi connectivity index (χ4v) is 6.78. The van der Waals surface area contributed by atoms with Crippen LogP contribution in [0.3, 0.4) is 0 Å². The van der Waals surface area contributed by atoms with Gasteiger partial charge in [0.05, 0.1) is 36.4 Å². The summed E-state index contributed by atoms with van der Waals surface area (Å²) in [5, 5.41) is 13.6. The summed E-state index contributed by atoms with van der Waals surface area (Å²) in [4.78, 5) is 54.1. The zero-order valence-electron chi connectivity index (χ0n) is 24.9. The Morgan fingerprint density at radius 2 is 1.86 bits per heavy atom. The number of ether oxygens (including phenoxy) is 1. The van der Waals surface area contributed by atoms with Crippen molar-refractivity contribution in [3.05, 3.63) is 70.2 Å². The molecule has 1 heterocycles. The summed E-state index contributed by atoms with van der Waals surface area (Å²) in [6.45, 7) is 2.32. The predicted molar refractivity (Wildman–Crippen MR) is 164 cm³/mol. The number of carboxylic acids is 1. The van der Waals surface area contributed by atoms with E-state index in [0.29, 0.717) is 30.8 Å². The molecule has 1 aliphatic heterocycles. The van der Waals surface area contributed by atoms with Gasteiger partial charge in [0.1, 0.15) is 5.78 Å². The van der Waals surface area contributed by atoms with Crippen LogP contribution in [-0.4, -0.2) is 72.0 Å². The molecule has 1 fully saturated rings. The van der Waals surface area contributed by atoms with Crippen LogP contribution < -0.4 is 11.1 Å². The van der Waals surface area contributed by atoms with Gasteiger partial charge in [-0.15, -0.1) is 0 Å². The first kappa shape index (κ1) is 32.6. The summed E-state index contributed by atoms with van der Waals surface area (Å²) in [6.07, 6.45) is 2.85. The number of benzene rings is 2. The summed E-state index contributed by atoms with van der Waals surface area (Å²) in [5.41, 5.74) is 8.07. The lowest BCUT2D eigenvalue weighted by Crippen LogP contribution is -2.62. The number of hydrogen-bond acceptors (Lipinski definition) is 6. The second-order valence-electron chi connectivity index (χ2n) is 12.1. The standard InChI is InChI=1S/C33H42ClN3O6/c1-21(35)29(38)16-24(19-43-2)31(41)36-33(18-22-8-11-25(34)12-9-22)14-5-15-37(20-33)32(42)28(17-30(39)40)27-13-10-23-6-3-4-7-26(23)27/h3-4,6-9,11-12,21,24,27-28H,5,10,13-20,35H2,1-2H3,(H,36,41)(H,39,40)/t21-,24-,27-,28-,33+/m0/s1. The third kappa shape index (κ3) is 8.22. The first-order valence-electron chi connectivity index (χ1n) is 14.9. The van der Waals surface area contributed by atoms with Crippen molar-refractivity contribution in [2.45, 2.75) is 69.4 Å². The van der Waals surface area contributed by atoms with E-state index in [1.807, 2.05) is 36.4 Å². The summed E-state index contributed by atoms with van der Waals surface area (Å²) < 4.78 is 5.28. The molecule has 5 atom stereocenters. The van der Waals surface area contributed by atoms with E-state index in [2.05, 4.69) is 5.32 Å². The predicted octanol–water partition coefficient (Wildman–Crippen LogP) is 3.75. The number of likely N-dealkylation sites (tertiary alicyclic amines) is 1. The number of ketones is 1. The highest BCUT2D eigenvalue weighted by atomic mass is 35.5. The first-order valence-corrected chi connectivity index (χ1v) is 15.3. The number of carbonyl (C=O) groups is 4. The van der Waals surface area contributed by atoms with Crippen molar-refractivity contribution in [2.75, 3.05) is 26.8 Å². The first-order chi connectivity index (χ1) is 20.5. The smallest absolute Gasteiger partial charge is 0.304 e. The van der Waals surface area contributed by atoms with Crippen LogP contribution in [0.25, 0.3) is 0 Å². The highest BCUT2D eigenvalue weighted by Crippen LogP contribution is 2.41. The topological polar surface area (TPSA) is 139 Å². The van der Waals surface area contributed by atoms with E-state index >= 15 is 0 Å². The molecule has 0 aromatic heterocycles. The molecular weight excluding hydrogens is 570 g/mol. The third-order valence-corrected chi connectivity index (χ3v) is 9.06. The SMILES string of the molecule is COC[C@H](CC(=O)[C@H](C)N)C(=O)N[C@@]1(Cc2ccc(Cl)cc2)CCCN(C(=O)[C@@H](CC(=O)O)[C@H]2CCc3ccccc32)C1. The molecule has 0 unspecified atom stereocenters. The molecule has 4 N–H and O–H groups in total. The van der Waals surface area contributed by atoms with Crippen molar-refractivity contribution in [3.8, 4) is 0 Å². The highest BCUT2D eigenvalue weighted by Gasteiger charge is 2.44. The fraction of sp³-hybridized carbons (Fsp3) is 0.515. The molecule has 10 heteroatoms. The Morgan fingerprint density at radius 1 is 1.14 bits per heavy atom. The van der Waals surface area contributed by atoms with Gasteiger partial charge in [-0.05, 0) is 73.8 Å². The number of piperidine rings is 1. The van der Waals surface area contributed by atoms with Crippen LogP contribution in [-0.2, 0) is 36.8 Å². The average Bonchev–Trinajstić information content (AvgIpc) is 3.40. The van der Waals surface area contributed by atoms with E-state index in [1.165, 1.54) is 7.11 Å². The third-order valence-electron chi connectivity index (χ3n) is 8.80. The van der Waals surface area contributed by atoms with E-state index in [9.17, 15) is 24.3 Å². The second-order valence-corrected chi connectivity index (χ2v) is 12.5. The number of aliphatic carboxylic acids is 1. The summed E-state index contributed by atoms with van der Waals surface area (Å²) in [7, 11) is 1.48. The molecule has 4 rings (SSSR count). The number of nitrogens with two attached hydrogens (primary N) is 1. The number of aryl methyl sites for hydroxylation is 1. The number of Topliss-reactive ketones (excluding diaryl/α,β-unsaturated/α-hetero) is 1. The molecule has 1 aliphatic carbocycles. The minimum absolute atomic E-state index is 0.0474. The quantitative estimate of drug-likeness (QED) is 0.313.